The molecule has 136 valence electrons. The van der Waals surface area contributed by atoms with E-state index in [0.29, 0.717) is 23.1 Å². The summed E-state index contributed by atoms with van der Waals surface area (Å²) >= 11 is 8.87. The maximum Gasteiger partial charge on any atom is 0.234 e. The molecule has 0 unspecified atom stereocenters. The van der Waals surface area contributed by atoms with Crippen molar-refractivity contribution in [1.29, 1.82) is 0 Å². The molecule has 1 aromatic heterocycles. The first kappa shape index (κ1) is 18.8. The number of nitrogens with one attached hydrogen (secondary N) is 1. The van der Waals surface area contributed by atoms with Crippen molar-refractivity contribution in [3.05, 3.63) is 41.4 Å². The van der Waals surface area contributed by atoms with Gasteiger partial charge in [-0.3, -0.25) is 4.79 Å². The fraction of sp³-hybridized carbons (Fsp3) is 0.222. The van der Waals surface area contributed by atoms with Crippen LogP contribution in [0.15, 0.2) is 40.7 Å². The highest BCUT2D eigenvalue weighted by atomic mass is 35.5. The molecule has 0 aliphatic heterocycles. The predicted octanol–water partition coefficient (Wildman–Crippen LogP) is 5.09. The Morgan fingerprint density at radius 3 is 2.92 bits per heavy atom. The summed E-state index contributed by atoms with van der Waals surface area (Å²) < 4.78 is 12.6. The zero-order valence-electron chi connectivity index (χ0n) is 14.2. The number of nitrogens with zero attached hydrogens (tertiary/aromatic N) is 1. The zero-order valence-corrected chi connectivity index (χ0v) is 16.6. The van der Waals surface area contributed by atoms with Gasteiger partial charge in [-0.05, 0) is 37.3 Å². The van der Waals surface area contributed by atoms with Crippen LogP contribution in [0.4, 0.5) is 5.69 Å². The predicted molar refractivity (Wildman–Crippen MR) is 108 cm³/mol. The molecule has 0 aliphatic rings. The summed E-state index contributed by atoms with van der Waals surface area (Å²) in [6, 6.07) is 10.9. The topological polar surface area (TPSA) is 60.5 Å². The first-order valence-corrected chi connectivity index (χ1v) is 10.1. The van der Waals surface area contributed by atoms with Crippen molar-refractivity contribution < 1.29 is 14.3 Å². The quantitative estimate of drug-likeness (QED) is 0.552. The SMILES string of the molecule is CCOc1ccc2nc(SCC(=O)Nc3ccc(Cl)cc3OC)sc2c1. The van der Waals surface area contributed by atoms with E-state index in [4.69, 9.17) is 21.1 Å². The first-order chi connectivity index (χ1) is 12.6. The van der Waals surface area contributed by atoms with E-state index >= 15 is 0 Å². The number of aromatic nitrogens is 1. The summed E-state index contributed by atoms with van der Waals surface area (Å²) in [4.78, 5) is 16.8. The van der Waals surface area contributed by atoms with E-state index in [1.807, 2.05) is 25.1 Å². The molecule has 5 nitrogen and oxygen atoms in total. The number of anilines is 1. The van der Waals surface area contributed by atoms with Crippen molar-refractivity contribution in [2.24, 2.45) is 0 Å². The first-order valence-electron chi connectivity index (χ1n) is 7.88. The van der Waals surface area contributed by atoms with Crippen LogP contribution in [0, 0.1) is 0 Å². The minimum Gasteiger partial charge on any atom is -0.495 e. The molecule has 0 fully saturated rings. The van der Waals surface area contributed by atoms with Crippen LogP contribution in [0.5, 0.6) is 11.5 Å². The summed E-state index contributed by atoms with van der Waals surface area (Å²) in [7, 11) is 1.54. The molecule has 1 heterocycles. The number of hydrogen-bond acceptors (Lipinski definition) is 6. The molecule has 26 heavy (non-hydrogen) atoms. The smallest absolute Gasteiger partial charge is 0.234 e. The summed E-state index contributed by atoms with van der Waals surface area (Å²) in [5.41, 5.74) is 1.49. The van der Waals surface area contributed by atoms with Crippen LogP contribution in [-0.2, 0) is 4.79 Å². The van der Waals surface area contributed by atoms with E-state index in [-0.39, 0.29) is 11.7 Å². The molecule has 0 radical (unpaired) electrons. The van der Waals surface area contributed by atoms with Gasteiger partial charge in [0, 0.05) is 11.1 Å². The maximum atomic E-state index is 12.2. The number of rotatable bonds is 7. The molecule has 0 aliphatic carbocycles. The third-order valence-electron chi connectivity index (χ3n) is 3.42. The van der Waals surface area contributed by atoms with E-state index in [0.717, 1.165) is 20.3 Å². The van der Waals surface area contributed by atoms with Gasteiger partial charge in [0.1, 0.15) is 11.5 Å². The van der Waals surface area contributed by atoms with Gasteiger partial charge in [-0.25, -0.2) is 4.98 Å². The van der Waals surface area contributed by atoms with E-state index in [9.17, 15) is 4.79 Å². The molecule has 0 saturated carbocycles. The van der Waals surface area contributed by atoms with Crippen LogP contribution in [0.25, 0.3) is 10.2 Å². The van der Waals surface area contributed by atoms with E-state index < -0.39 is 0 Å². The standard InChI is InChI=1S/C18H17ClN2O3S2/c1-3-24-12-5-7-14-16(9-12)26-18(21-14)25-10-17(22)20-13-6-4-11(19)8-15(13)23-2/h4-9H,3,10H2,1-2H3,(H,20,22). The molecule has 8 heteroatoms. The Morgan fingerprint density at radius 1 is 1.31 bits per heavy atom. The molecule has 0 saturated heterocycles. The average molecular weight is 409 g/mol. The Labute approximate surface area is 164 Å². The highest BCUT2D eigenvalue weighted by Crippen LogP contribution is 2.32. The van der Waals surface area contributed by atoms with Gasteiger partial charge in [0.15, 0.2) is 4.34 Å². The normalized spacial score (nSPS) is 10.7. The Morgan fingerprint density at radius 2 is 2.15 bits per heavy atom. The lowest BCUT2D eigenvalue weighted by Gasteiger charge is -2.09. The molecule has 0 bridgehead atoms. The number of carbonyl (C=O) groups excluding carboxylic acids is 1. The molecule has 3 rings (SSSR count). The number of amides is 1. The molecule has 2 aromatic carbocycles. The second-order valence-electron chi connectivity index (χ2n) is 5.22. The van der Waals surface area contributed by atoms with Gasteiger partial charge in [0.05, 0.1) is 35.4 Å². The summed E-state index contributed by atoms with van der Waals surface area (Å²) in [6.07, 6.45) is 0. The van der Waals surface area contributed by atoms with Crippen LogP contribution in [-0.4, -0.2) is 30.4 Å². The molecular formula is C18H17ClN2O3S2. The molecule has 0 spiro atoms. The highest BCUT2D eigenvalue weighted by molar-refractivity contribution is 8.01. The van der Waals surface area contributed by atoms with Crippen molar-refractivity contribution in [3.63, 3.8) is 0 Å². The second kappa shape index (κ2) is 8.62. The number of thioether (sulfide) groups is 1. The van der Waals surface area contributed by atoms with Crippen LogP contribution >= 0.6 is 34.7 Å². The molecular weight excluding hydrogens is 392 g/mol. The van der Waals surface area contributed by atoms with Gasteiger partial charge in [0.25, 0.3) is 0 Å². The third kappa shape index (κ3) is 4.60. The van der Waals surface area contributed by atoms with Crippen LogP contribution in [0.1, 0.15) is 6.92 Å². The Bertz CT molecular complexity index is 930. The lowest BCUT2D eigenvalue weighted by atomic mass is 10.3. The molecule has 1 amide bonds. The molecule has 1 N–H and O–H groups in total. The van der Waals surface area contributed by atoms with Crippen molar-refractivity contribution in [2.45, 2.75) is 11.3 Å². The summed E-state index contributed by atoms with van der Waals surface area (Å²) in [6.45, 7) is 2.58. The van der Waals surface area contributed by atoms with Crippen LogP contribution in [0.2, 0.25) is 5.02 Å². The number of hydrogen-bond donors (Lipinski definition) is 1. The molecule has 3 aromatic rings. The van der Waals surface area contributed by atoms with E-state index in [2.05, 4.69) is 10.3 Å². The number of ether oxygens (including phenoxy) is 2. The van der Waals surface area contributed by atoms with Gasteiger partial charge in [-0.1, -0.05) is 23.4 Å². The van der Waals surface area contributed by atoms with Gasteiger partial charge < -0.3 is 14.8 Å². The van der Waals surface area contributed by atoms with Gasteiger partial charge in [0.2, 0.25) is 5.91 Å². The number of halogens is 1. The Kier molecular flexibility index (Phi) is 6.24. The van der Waals surface area contributed by atoms with Gasteiger partial charge in [-0.2, -0.15) is 0 Å². The lowest BCUT2D eigenvalue weighted by molar-refractivity contribution is -0.113. The number of carbonyl (C=O) groups is 1. The monoisotopic (exact) mass is 408 g/mol. The average Bonchev–Trinajstić information content (AvgIpc) is 3.04. The van der Waals surface area contributed by atoms with Crippen molar-refractivity contribution in [1.82, 2.24) is 4.98 Å². The second-order valence-corrected chi connectivity index (χ2v) is 7.91. The van der Waals surface area contributed by atoms with E-state index in [1.54, 1.807) is 29.5 Å². The van der Waals surface area contributed by atoms with Crippen LogP contribution < -0.4 is 14.8 Å². The van der Waals surface area contributed by atoms with Crippen molar-refractivity contribution in [2.75, 3.05) is 24.8 Å². The highest BCUT2D eigenvalue weighted by Gasteiger charge is 2.11. The minimum atomic E-state index is -0.134. The summed E-state index contributed by atoms with van der Waals surface area (Å²) in [5.74, 6) is 1.47. The molecule has 0 atom stereocenters. The largest absolute Gasteiger partial charge is 0.495 e. The van der Waals surface area contributed by atoms with E-state index in [1.165, 1.54) is 18.9 Å². The van der Waals surface area contributed by atoms with Gasteiger partial charge >= 0.3 is 0 Å². The minimum absolute atomic E-state index is 0.134. The zero-order chi connectivity index (χ0) is 18.5. The Balaban J connectivity index is 1.63. The number of benzene rings is 2. The fourth-order valence-electron chi connectivity index (χ4n) is 2.28. The summed E-state index contributed by atoms with van der Waals surface area (Å²) in [5, 5.41) is 3.38. The maximum absolute atomic E-state index is 12.2. The fourth-order valence-corrected chi connectivity index (χ4v) is 4.34. The number of fused-ring (bicyclic) bond motifs is 1. The third-order valence-corrected chi connectivity index (χ3v) is 5.81. The van der Waals surface area contributed by atoms with Crippen molar-refractivity contribution in [3.8, 4) is 11.5 Å². The van der Waals surface area contributed by atoms with Crippen LogP contribution in [0.3, 0.4) is 0 Å². The Hall–Kier alpha value is -1.96. The van der Waals surface area contributed by atoms with Gasteiger partial charge in [-0.15, -0.1) is 11.3 Å². The van der Waals surface area contributed by atoms with Crippen molar-refractivity contribution >= 4 is 56.5 Å². The number of methoxy groups -OCH3 is 1. The lowest BCUT2D eigenvalue weighted by Crippen LogP contribution is -2.14. The number of thiazole rings is 1.